The topological polar surface area (TPSA) is 217 Å². The van der Waals surface area contributed by atoms with Gasteiger partial charge in [0.15, 0.2) is 11.3 Å². The monoisotopic (exact) mass is 868 g/mol. The number of anilines is 2. The molecule has 5 aromatic heterocycles. The zero-order valence-corrected chi connectivity index (χ0v) is 36.8. The van der Waals surface area contributed by atoms with E-state index in [1.807, 2.05) is 79.0 Å². The molecule has 0 bridgehead atoms. The molecule has 18 heteroatoms. The number of Topliss-reactive ketones (excluding diaryl/α,β-unsaturated/α-hetero) is 2. The van der Waals surface area contributed by atoms with Crippen LogP contribution in [0.25, 0.3) is 45.0 Å². The molecule has 5 N–H and O–H groups in total. The van der Waals surface area contributed by atoms with Crippen molar-refractivity contribution in [1.82, 2.24) is 39.0 Å². The Labute approximate surface area is 358 Å². The molecule has 0 fully saturated rings. The Balaban J connectivity index is 0.000000218. The molecule has 0 atom stereocenters. The van der Waals surface area contributed by atoms with Gasteiger partial charge in [-0.05, 0) is 83.6 Å². The molecule has 0 aliphatic heterocycles. The summed E-state index contributed by atoms with van der Waals surface area (Å²) < 4.78 is 62.0. The number of aromatic amines is 1. The van der Waals surface area contributed by atoms with Crippen LogP contribution in [0.15, 0.2) is 72.8 Å². The predicted molar refractivity (Wildman–Crippen MR) is 235 cm³/mol. The second-order valence-electron chi connectivity index (χ2n) is 18.4. The van der Waals surface area contributed by atoms with E-state index in [9.17, 15) is 31.3 Å². The van der Waals surface area contributed by atoms with E-state index in [1.165, 1.54) is 30.3 Å². The van der Waals surface area contributed by atoms with Crippen molar-refractivity contribution in [3.05, 3.63) is 102 Å². The normalized spacial score (nSPS) is 12.4. The Morgan fingerprint density at radius 1 is 0.710 bits per heavy atom. The molecule has 0 aliphatic rings. The molecule has 7 rings (SSSR count). The number of nitrogens with zero attached hydrogens (tertiary/aromatic N) is 7. The molecule has 15 nitrogen and oxygen atoms in total. The number of imidazole rings is 3. The second-order valence-corrected chi connectivity index (χ2v) is 19.9. The van der Waals surface area contributed by atoms with Gasteiger partial charge in [0, 0.05) is 29.6 Å². The molecule has 2 aromatic carbocycles. The summed E-state index contributed by atoms with van der Waals surface area (Å²) in [5, 5.41) is 2.71. The molecule has 5 heterocycles. The van der Waals surface area contributed by atoms with Crippen LogP contribution in [-0.4, -0.2) is 69.5 Å². The van der Waals surface area contributed by atoms with Gasteiger partial charge in [0.25, 0.3) is 15.9 Å². The molecule has 0 saturated heterocycles. The zero-order chi connectivity index (χ0) is 45.5. The van der Waals surface area contributed by atoms with Crippen molar-refractivity contribution in [2.75, 3.05) is 16.9 Å². The van der Waals surface area contributed by atoms with Crippen LogP contribution in [0.3, 0.4) is 0 Å². The summed E-state index contributed by atoms with van der Waals surface area (Å²) in [6.45, 7) is 19.5. The van der Waals surface area contributed by atoms with Gasteiger partial charge in [-0.1, -0.05) is 62.3 Å². The standard InChI is InChI=1S/C25H31FN6O3S.C19H19FN4O2/c1-24(2,3)13-32-21-18(29-23(32)27-14-36(33,34)35)12-11-17(28-21)20-19(15-7-9-16(26)10-8-15)30-22(31-20)25(4,5)6;1-19(2,3)10-24-17-14(23-18(24)21)9-8-13(22-17)16(26)15(25)11-4-6-12(20)7-5-11/h7-12H,13-14H2,1-6H3,(H,27,29)(H,30,31)(H,33,34,35);4-9H,10H2,1-3H3,(H2,21,23). The van der Waals surface area contributed by atoms with E-state index >= 15 is 0 Å². The second kappa shape index (κ2) is 16.8. The number of ketones is 2. The van der Waals surface area contributed by atoms with Crippen molar-refractivity contribution in [2.24, 2.45) is 10.8 Å². The van der Waals surface area contributed by atoms with E-state index in [1.54, 1.807) is 22.8 Å². The third-order valence-electron chi connectivity index (χ3n) is 9.22. The van der Waals surface area contributed by atoms with E-state index in [4.69, 9.17) is 15.7 Å². The van der Waals surface area contributed by atoms with E-state index < -0.39 is 33.4 Å². The van der Waals surface area contributed by atoms with Gasteiger partial charge in [0.2, 0.25) is 17.7 Å². The number of fused-ring (bicyclic) bond motifs is 2. The molecule has 0 amide bonds. The van der Waals surface area contributed by atoms with Gasteiger partial charge in [-0.3, -0.25) is 23.3 Å². The minimum atomic E-state index is -4.25. The van der Waals surface area contributed by atoms with Crippen molar-refractivity contribution in [3.8, 4) is 22.6 Å². The number of benzene rings is 2. The number of hydrogen-bond acceptors (Lipinski definition) is 11. The van der Waals surface area contributed by atoms with Gasteiger partial charge < -0.3 is 16.0 Å². The zero-order valence-electron chi connectivity index (χ0n) is 36.0. The van der Waals surface area contributed by atoms with Crippen LogP contribution in [0.4, 0.5) is 20.7 Å². The largest absolute Gasteiger partial charge is 0.369 e. The lowest BCUT2D eigenvalue weighted by atomic mass is 9.96. The molecule has 0 radical (unpaired) electrons. The maximum Gasteiger partial charge on any atom is 0.283 e. The third-order valence-corrected chi connectivity index (χ3v) is 9.73. The number of hydrogen-bond donors (Lipinski definition) is 4. The lowest BCUT2D eigenvalue weighted by Crippen LogP contribution is -2.20. The quantitative estimate of drug-likeness (QED) is 0.0578. The van der Waals surface area contributed by atoms with Gasteiger partial charge in [-0.25, -0.2) is 33.7 Å². The molecule has 0 spiro atoms. The summed E-state index contributed by atoms with van der Waals surface area (Å²) in [6, 6.07) is 17.7. The number of carbonyl (C=O) groups excluding carboxylic acids is 2. The van der Waals surface area contributed by atoms with Crippen LogP contribution in [0.5, 0.6) is 0 Å². The van der Waals surface area contributed by atoms with Crippen LogP contribution in [0.2, 0.25) is 0 Å². The molecule has 62 heavy (non-hydrogen) atoms. The number of aromatic nitrogens is 8. The first kappa shape index (κ1) is 45.1. The van der Waals surface area contributed by atoms with Gasteiger partial charge >= 0.3 is 0 Å². The smallest absolute Gasteiger partial charge is 0.283 e. The van der Waals surface area contributed by atoms with Crippen LogP contribution in [0.1, 0.15) is 89.0 Å². The number of nitrogens with one attached hydrogen (secondary N) is 2. The minimum absolute atomic E-state index is 0.00174. The first-order chi connectivity index (χ1) is 28.8. The molecule has 0 unspecified atom stereocenters. The average Bonchev–Trinajstić information content (AvgIpc) is 3.86. The van der Waals surface area contributed by atoms with E-state index in [0.717, 1.165) is 23.5 Å². The Hall–Kier alpha value is -6.40. The average molecular weight is 869 g/mol. The summed E-state index contributed by atoms with van der Waals surface area (Å²) in [5.74, 6) is -1.63. The lowest BCUT2D eigenvalue weighted by Gasteiger charge is -2.21. The fraction of sp³-hybridized carbons (Fsp3) is 0.341. The van der Waals surface area contributed by atoms with Crippen molar-refractivity contribution >= 4 is 55.9 Å². The molecule has 7 aromatic rings. The molecule has 0 aliphatic carbocycles. The number of pyridine rings is 2. The fourth-order valence-corrected chi connectivity index (χ4v) is 6.72. The molecule has 0 saturated carbocycles. The Kier molecular flexibility index (Phi) is 12.2. The fourth-order valence-electron chi connectivity index (χ4n) is 6.41. The summed E-state index contributed by atoms with van der Waals surface area (Å²) in [5.41, 5.74) is 10.4. The first-order valence-electron chi connectivity index (χ1n) is 19.7. The SMILES string of the molecule is CC(C)(C)Cn1c(N)nc2ccc(C(=O)C(=O)c3ccc(F)cc3)nc21.CC(C)(C)Cn1c(NCS(=O)(=O)O)nc2ccc(-c3[nH]c(C(C)(C)C)nc3-c3ccc(F)cc3)nc21. The number of nitrogen functional groups attached to an aromatic ring is 1. The maximum absolute atomic E-state index is 13.6. The van der Waals surface area contributed by atoms with Crippen LogP contribution >= 0.6 is 0 Å². The molecule has 326 valence electrons. The number of nitrogens with two attached hydrogens (primary N) is 1. The highest BCUT2D eigenvalue weighted by atomic mass is 32.2. The van der Waals surface area contributed by atoms with Gasteiger partial charge in [0.1, 0.15) is 40.1 Å². The van der Waals surface area contributed by atoms with Crippen LogP contribution in [-0.2, 0) is 28.6 Å². The summed E-state index contributed by atoms with van der Waals surface area (Å²) in [4.78, 5) is 51.1. The van der Waals surface area contributed by atoms with Gasteiger partial charge in [0.05, 0.1) is 17.1 Å². The number of rotatable bonds is 10. The molecular weight excluding hydrogens is 819 g/mol. The summed E-state index contributed by atoms with van der Waals surface area (Å²) in [6.07, 6.45) is 0. The van der Waals surface area contributed by atoms with E-state index in [2.05, 4.69) is 25.3 Å². The minimum Gasteiger partial charge on any atom is -0.369 e. The highest BCUT2D eigenvalue weighted by molar-refractivity contribution is 7.85. The van der Waals surface area contributed by atoms with Crippen LogP contribution < -0.4 is 11.1 Å². The summed E-state index contributed by atoms with van der Waals surface area (Å²) in [7, 11) is -4.25. The van der Waals surface area contributed by atoms with Crippen LogP contribution in [0, 0.1) is 22.5 Å². The Bertz CT molecular complexity index is 2900. The number of H-pyrrole nitrogens is 1. The third kappa shape index (κ3) is 10.7. The highest BCUT2D eigenvalue weighted by Crippen LogP contribution is 2.35. The maximum atomic E-state index is 13.6. The van der Waals surface area contributed by atoms with Gasteiger partial charge in [-0.2, -0.15) is 8.42 Å². The molecular formula is C44H50F2N10O5S. The lowest BCUT2D eigenvalue weighted by molar-refractivity contribution is 0.0814. The van der Waals surface area contributed by atoms with Gasteiger partial charge in [-0.15, -0.1) is 0 Å². The first-order valence-corrected chi connectivity index (χ1v) is 21.3. The van der Waals surface area contributed by atoms with Crippen molar-refractivity contribution < 1.29 is 31.3 Å². The number of carbonyl (C=O) groups is 2. The summed E-state index contributed by atoms with van der Waals surface area (Å²) >= 11 is 0. The van der Waals surface area contributed by atoms with E-state index in [-0.39, 0.29) is 33.3 Å². The van der Waals surface area contributed by atoms with E-state index in [0.29, 0.717) is 64.4 Å². The number of halogens is 2. The predicted octanol–water partition coefficient (Wildman–Crippen LogP) is 8.49. The van der Waals surface area contributed by atoms with Crippen molar-refractivity contribution in [3.63, 3.8) is 0 Å². The van der Waals surface area contributed by atoms with Crippen molar-refractivity contribution in [2.45, 2.75) is 80.8 Å². The Morgan fingerprint density at radius 3 is 1.84 bits per heavy atom. The Morgan fingerprint density at radius 2 is 1.26 bits per heavy atom. The highest BCUT2D eigenvalue weighted by Gasteiger charge is 2.26. The van der Waals surface area contributed by atoms with Crippen molar-refractivity contribution in [1.29, 1.82) is 0 Å².